The molecule has 1 saturated carbocycles. The lowest BCUT2D eigenvalue weighted by Crippen LogP contribution is -2.45. The average Bonchev–Trinajstić information content (AvgIpc) is 2.47. The third-order valence-corrected chi connectivity index (χ3v) is 4.91. The molecule has 2 heteroatoms. The predicted molar refractivity (Wildman–Crippen MR) is 90.2 cm³/mol. The van der Waals surface area contributed by atoms with Crippen LogP contribution in [0.25, 0.3) is 0 Å². The second kappa shape index (κ2) is 5.96. The maximum absolute atomic E-state index is 12.5. The van der Waals surface area contributed by atoms with E-state index in [9.17, 15) is 4.79 Å². The number of hydrogen-bond acceptors (Lipinski definition) is 1. The number of nitrogens with one attached hydrogen (secondary N) is 1. The van der Waals surface area contributed by atoms with Crippen molar-refractivity contribution in [2.24, 2.45) is 0 Å². The number of amides is 1. The molecule has 0 aliphatic heterocycles. The first-order valence-corrected chi connectivity index (χ1v) is 8.02. The summed E-state index contributed by atoms with van der Waals surface area (Å²) in [5, 5.41) is 3.16. The van der Waals surface area contributed by atoms with Gasteiger partial charge in [-0.05, 0) is 43.9 Å². The molecule has 0 radical (unpaired) electrons. The lowest BCUT2D eigenvalue weighted by molar-refractivity contribution is 0.0927. The minimum Gasteiger partial charge on any atom is -0.351 e. The monoisotopic (exact) mass is 293 g/mol. The molecule has 0 atom stereocenters. The van der Waals surface area contributed by atoms with Gasteiger partial charge in [0.25, 0.3) is 5.91 Å². The normalized spacial score (nSPS) is 15.9. The Morgan fingerprint density at radius 3 is 2.41 bits per heavy atom. The standard InChI is InChI=1S/C20H23NO/c1-15-9-10-18(16(2)13-15)19(22)21-14-20(11-6-12-20)17-7-4-3-5-8-17/h3-5,7-10,13H,6,11-12,14H2,1-2H3,(H,21,22). The molecular weight excluding hydrogens is 270 g/mol. The summed E-state index contributed by atoms with van der Waals surface area (Å²) >= 11 is 0. The molecule has 1 N–H and O–H groups in total. The van der Waals surface area contributed by atoms with Gasteiger partial charge >= 0.3 is 0 Å². The molecule has 0 saturated heterocycles. The maximum atomic E-state index is 12.5. The smallest absolute Gasteiger partial charge is 0.251 e. The minimum absolute atomic E-state index is 0.0414. The minimum atomic E-state index is 0.0414. The van der Waals surface area contributed by atoms with Crippen molar-refractivity contribution >= 4 is 5.91 Å². The Bertz CT molecular complexity index is 671. The molecule has 1 amide bonds. The molecule has 3 rings (SSSR count). The summed E-state index contributed by atoms with van der Waals surface area (Å²) < 4.78 is 0. The van der Waals surface area contributed by atoms with Crippen molar-refractivity contribution in [1.29, 1.82) is 0 Å². The third kappa shape index (κ3) is 2.78. The Kier molecular flexibility index (Phi) is 4.02. The van der Waals surface area contributed by atoms with Crippen molar-refractivity contribution in [2.45, 2.75) is 38.5 Å². The van der Waals surface area contributed by atoms with Crippen LogP contribution in [0.3, 0.4) is 0 Å². The van der Waals surface area contributed by atoms with E-state index in [1.807, 2.05) is 32.0 Å². The van der Waals surface area contributed by atoms with E-state index in [2.05, 4.69) is 35.6 Å². The quantitative estimate of drug-likeness (QED) is 0.901. The van der Waals surface area contributed by atoms with Crippen molar-refractivity contribution in [3.63, 3.8) is 0 Å². The molecule has 1 aliphatic carbocycles. The Balaban J connectivity index is 1.72. The van der Waals surface area contributed by atoms with Crippen LogP contribution >= 0.6 is 0 Å². The fraction of sp³-hybridized carbons (Fsp3) is 0.350. The molecule has 0 heterocycles. The summed E-state index contributed by atoms with van der Waals surface area (Å²) in [5.74, 6) is 0.0414. The van der Waals surface area contributed by atoms with Crippen LogP contribution in [-0.2, 0) is 5.41 Å². The molecule has 2 aromatic rings. The summed E-state index contributed by atoms with van der Waals surface area (Å²) in [4.78, 5) is 12.5. The highest BCUT2D eigenvalue weighted by Gasteiger charge is 2.38. The molecule has 2 nitrogen and oxygen atoms in total. The number of carbonyl (C=O) groups is 1. The van der Waals surface area contributed by atoms with E-state index < -0.39 is 0 Å². The number of rotatable bonds is 4. The van der Waals surface area contributed by atoms with Gasteiger partial charge in [-0.1, -0.05) is 54.4 Å². The lowest BCUT2D eigenvalue weighted by Gasteiger charge is -2.42. The number of hydrogen-bond donors (Lipinski definition) is 1. The summed E-state index contributed by atoms with van der Waals surface area (Å²) in [5.41, 5.74) is 4.50. The van der Waals surface area contributed by atoms with Crippen molar-refractivity contribution < 1.29 is 4.79 Å². The van der Waals surface area contributed by atoms with Gasteiger partial charge in [-0.15, -0.1) is 0 Å². The van der Waals surface area contributed by atoms with Crippen LogP contribution in [-0.4, -0.2) is 12.5 Å². The van der Waals surface area contributed by atoms with E-state index in [1.54, 1.807) is 0 Å². The zero-order valence-electron chi connectivity index (χ0n) is 13.4. The second-order valence-electron chi connectivity index (χ2n) is 6.50. The summed E-state index contributed by atoms with van der Waals surface area (Å²) in [6, 6.07) is 16.6. The summed E-state index contributed by atoms with van der Waals surface area (Å²) in [6.45, 7) is 4.77. The topological polar surface area (TPSA) is 29.1 Å². The average molecular weight is 293 g/mol. The highest BCUT2D eigenvalue weighted by Crippen LogP contribution is 2.43. The molecule has 2 aromatic carbocycles. The highest BCUT2D eigenvalue weighted by molar-refractivity contribution is 5.95. The van der Waals surface area contributed by atoms with E-state index in [1.165, 1.54) is 17.5 Å². The van der Waals surface area contributed by atoms with Crippen LogP contribution in [0.2, 0.25) is 0 Å². The molecule has 114 valence electrons. The Morgan fingerprint density at radius 2 is 1.82 bits per heavy atom. The first kappa shape index (κ1) is 14.8. The van der Waals surface area contributed by atoms with Crippen LogP contribution < -0.4 is 5.32 Å². The molecule has 0 aromatic heterocycles. The number of benzene rings is 2. The van der Waals surface area contributed by atoms with Gasteiger partial charge in [-0.25, -0.2) is 0 Å². The molecule has 0 unspecified atom stereocenters. The number of aryl methyl sites for hydroxylation is 2. The summed E-state index contributed by atoms with van der Waals surface area (Å²) in [7, 11) is 0. The van der Waals surface area contributed by atoms with Crippen LogP contribution in [0.15, 0.2) is 48.5 Å². The zero-order chi connectivity index (χ0) is 15.6. The van der Waals surface area contributed by atoms with Crippen molar-refractivity contribution in [1.82, 2.24) is 5.32 Å². The van der Waals surface area contributed by atoms with Crippen molar-refractivity contribution in [3.8, 4) is 0 Å². The van der Waals surface area contributed by atoms with Crippen molar-refractivity contribution in [2.75, 3.05) is 6.54 Å². The third-order valence-electron chi connectivity index (χ3n) is 4.91. The van der Waals surface area contributed by atoms with Crippen LogP contribution in [0.5, 0.6) is 0 Å². The van der Waals surface area contributed by atoms with Crippen LogP contribution in [0.1, 0.15) is 46.3 Å². The van der Waals surface area contributed by atoms with Gasteiger partial charge in [0.05, 0.1) is 0 Å². The maximum Gasteiger partial charge on any atom is 0.251 e. The van der Waals surface area contributed by atoms with Gasteiger partial charge in [0, 0.05) is 17.5 Å². The second-order valence-corrected chi connectivity index (χ2v) is 6.50. The highest BCUT2D eigenvalue weighted by atomic mass is 16.1. The molecule has 22 heavy (non-hydrogen) atoms. The molecule has 1 fully saturated rings. The van der Waals surface area contributed by atoms with E-state index in [0.29, 0.717) is 0 Å². The SMILES string of the molecule is Cc1ccc(C(=O)NCC2(c3ccccc3)CCC2)c(C)c1. The van der Waals surface area contributed by atoms with Crippen LogP contribution in [0, 0.1) is 13.8 Å². The molecule has 1 aliphatic rings. The Hall–Kier alpha value is -2.09. The van der Waals surface area contributed by atoms with Gasteiger partial charge < -0.3 is 5.32 Å². The lowest BCUT2D eigenvalue weighted by atomic mass is 9.64. The predicted octanol–water partition coefficient (Wildman–Crippen LogP) is 4.16. The van der Waals surface area contributed by atoms with Gasteiger partial charge in [-0.2, -0.15) is 0 Å². The van der Waals surface area contributed by atoms with Crippen LogP contribution in [0.4, 0.5) is 0 Å². The Morgan fingerprint density at radius 1 is 1.09 bits per heavy atom. The fourth-order valence-electron chi connectivity index (χ4n) is 3.38. The largest absolute Gasteiger partial charge is 0.351 e. The molecule has 0 spiro atoms. The van der Waals surface area contributed by atoms with Crippen molar-refractivity contribution in [3.05, 3.63) is 70.8 Å². The number of carbonyl (C=O) groups excluding carboxylic acids is 1. The molecule has 0 bridgehead atoms. The van der Waals surface area contributed by atoms with Gasteiger partial charge in [0.15, 0.2) is 0 Å². The van der Waals surface area contributed by atoms with Gasteiger partial charge in [0.2, 0.25) is 0 Å². The van der Waals surface area contributed by atoms with E-state index in [-0.39, 0.29) is 11.3 Å². The van der Waals surface area contributed by atoms with E-state index in [4.69, 9.17) is 0 Å². The zero-order valence-corrected chi connectivity index (χ0v) is 13.4. The van der Waals surface area contributed by atoms with E-state index in [0.717, 1.165) is 30.5 Å². The first-order valence-electron chi connectivity index (χ1n) is 8.02. The Labute approximate surface area is 132 Å². The molecular formula is C20H23NO. The first-order chi connectivity index (χ1) is 10.6. The summed E-state index contributed by atoms with van der Waals surface area (Å²) in [6.07, 6.45) is 3.56. The fourth-order valence-corrected chi connectivity index (χ4v) is 3.38. The van der Waals surface area contributed by atoms with E-state index >= 15 is 0 Å². The van der Waals surface area contributed by atoms with Gasteiger partial charge in [0.1, 0.15) is 0 Å². The van der Waals surface area contributed by atoms with Gasteiger partial charge in [-0.3, -0.25) is 4.79 Å².